The summed E-state index contributed by atoms with van der Waals surface area (Å²) in [4.78, 5) is 15.1. The second-order valence-electron chi connectivity index (χ2n) is 3.42. The van der Waals surface area contributed by atoms with Gasteiger partial charge in [0.05, 0.1) is 12.5 Å². The normalized spacial score (nSPS) is 17.7. The van der Waals surface area contributed by atoms with Crippen molar-refractivity contribution in [1.29, 1.82) is 0 Å². The lowest BCUT2D eigenvalue weighted by atomic mass is 9.94. The number of rotatable bonds is 2. The molecular weight excluding hydrogens is 212 g/mol. The molecule has 0 aromatic heterocycles. The van der Waals surface area contributed by atoms with Crippen molar-refractivity contribution >= 4 is 24.5 Å². The predicted octanol–water partition coefficient (Wildman–Crippen LogP) is 1.65. The van der Waals surface area contributed by atoms with E-state index in [4.69, 9.17) is 5.73 Å². The van der Waals surface area contributed by atoms with Crippen LogP contribution in [0.4, 0.5) is 0 Å². The Bertz CT molecular complexity index is 390. The van der Waals surface area contributed by atoms with Crippen molar-refractivity contribution in [1.82, 2.24) is 0 Å². The quantitative estimate of drug-likeness (QED) is 0.816. The molecule has 1 aromatic rings. The molecule has 15 heavy (non-hydrogen) atoms. The van der Waals surface area contributed by atoms with E-state index in [1.165, 1.54) is 5.56 Å². The summed E-state index contributed by atoms with van der Waals surface area (Å²) in [6.07, 6.45) is 3.01. The van der Waals surface area contributed by atoms with Gasteiger partial charge in [0.15, 0.2) is 0 Å². The zero-order valence-corrected chi connectivity index (χ0v) is 9.04. The first-order chi connectivity index (χ1) is 6.77. The Kier molecular flexibility index (Phi) is 3.86. The lowest BCUT2D eigenvalue weighted by molar-refractivity contribution is -0.118. The number of aliphatic imine (C=N–C) groups is 1. The molecule has 3 nitrogen and oxygen atoms in total. The number of nitrogens with zero attached hydrogens (tertiary/aromatic N) is 1. The van der Waals surface area contributed by atoms with E-state index in [0.717, 1.165) is 12.0 Å². The summed E-state index contributed by atoms with van der Waals surface area (Å²) >= 11 is 0. The van der Waals surface area contributed by atoms with E-state index in [1.807, 2.05) is 24.4 Å². The van der Waals surface area contributed by atoms with Gasteiger partial charge in [-0.05, 0) is 11.1 Å². The topological polar surface area (TPSA) is 55.5 Å². The van der Waals surface area contributed by atoms with E-state index < -0.39 is 0 Å². The van der Waals surface area contributed by atoms with Crippen LogP contribution in [0.2, 0.25) is 0 Å². The van der Waals surface area contributed by atoms with Crippen molar-refractivity contribution in [3.63, 3.8) is 0 Å². The first-order valence-corrected chi connectivity index (χ1v) is 4.65. The zero-order chi connectivity index (χ0) is 9.97. The number of primary amides is 1. The Hall–Kier alpha value is -1.35. The van der Waals surface area contributed by atoms with Crippen LogP contribution in [0.5, 0.6) is 0 Å². The minimum absolute atomic E-state index is 0. The molecule has 80 valence electrons. The van der Waals surface area contributed by atoms with Crippen LogP contribution < -0.4 is 5.73 Å². The van der Waals surface area contributed by atoms with Gasteiger partial charge in [-0.15, -0.1) is 12.4 Å². The number of benzene rings is 1. The van der Waals surface area contributed by atoms with Crippen molar-refractivity contribution in [3.8, 4) is 0 Å². The molecule has 1 atom stereocenters. The van der Waals surface area contributed by atoms with Gasteiger partial charge >= 0.3 is 0 Å². The van der Waals surface area contributed by atoms with Crippen LogP contribution in [0.15, 0.2) is 29.3 Å². The maximum absolute atomic E-state index is 10.8. The monoisotopic (exact) mass is 224 g/mol. The van der Waals surface area contributed by atoms with Crippen LogP contribution >= 0.6 is 12.4 Å². The van der Waals surface area contributed by atoms with Crippen LogP contribution in [-0.4, -0.2) is 12.1 Å². The molecule has 0 radical (unpaired) electrons. The van der Waals surface area contributed by atoms with Crippen LogP contribution in [0.3, 0.4) is 0 Å². The Balaban J connectivity index is 0.00000112. The number of carbonyl (C=O) groups is 1. The number of nitrogens with two attached hydrogens (primary N) is 1. The molecular formula is C11H13ClN2O. The van der Waals surface area contributed by atoms with Crippen molar-refractivity contribution in [2.45, 2.75) is 18.9 Å². The van der Waals surface area contributed by atoms with Gasteiger partial charge in [0, 0.05) is 12.6 Å². The molecule has 0 fully saturated rings. The van der Waals surface area contributed by atoms with Gasteiger partial charge in [0.2, 0.25) is 5.91 Å². The molecule has 0 bridgehead atoms. The van der Waals surface area contributed by atoms with Crippen molar-refractivity contribution in [2.24, 2.45) is 10.7 Å². The minimum Gasteiger partial charge on any atom is -0.370 e. The van der Waals surface area contributed by atoms with Crippen LogP contribution in [0, 0.1) is 0 Å². The molecule has 1 unspecified atom stereocenters. The number of amides is 1. The zero-order valence-electron chi connectivity index (χ0n) is 8.22. The largest absolute Gasteiger partial charge is 0.370 e. The second kappa shape index (κ2) is 4.94. The van der Waals surface area contributed by atoms with Gasteiger partial charge in [-0.3, -0.25) is 9.79 Å². The average Bonchev–Trinajstić information content (AvgIpc) is 2.18. The fourth-order valence-corrected chi connectivity index (χ4v) is 1.76. The lowest BCUT2D eigenvalue weighted by Gasteiger charge is -2.18. The van der Waals surface area contributed by atoms with E-state index in [0.29, 0.717) is 6.42 Å². The Labute approximate surface area is 94.8 Å². The number of hydrogen-bond donors (Lipinski definition) is 1. The number of fused-ring (bicyclic) bond motifs is 1. The third-order valence-electron chi connectivity index (χ3n) is 2.41. The van der Waals surface area contributed by atoms with E-state index in [1.54, 1.807) is 0 Å². The minimum atomic E-state index is -0.302. The van der Waals surface area contributed by atoms with Crippen LogP contribution in [-0.2, 0) is 11.2 Å². The highest BCUT2D eigenvalue weighted by Gasteiger charge is 2.18. The Morgan fingerprint density at radius 3 is 2.93 bits per heavy atom. The molecule has 1 aliphatic heterocycles. The first kappa shape index (κ1) is 11.7. The average molecular weight is 225 g/mol. The lowest BCUT2D eigenvalue weighted by Crippen LogP contribution is -2.17. The standard InChI is InChI=1S/C11H12N2O.ClH/c12-11(14)7-10-9-4-2-1-3-8(9)5-6-13-10;/h1-4,6,10H,5,7H2,(H2,12,14);1H. The fraction of sp³-hybridized carbons (Fsp3) is 0.273. The highest BCUT2D eigenvalue weighted by Crippen LogP contribution is 2.27. The molecule has 2 rings (SSSR count). The first-order valence-electron chi connectivity index (χ1n) is 4.65. The van der Waals surface area contributed by atoms with E-state index in [2.05, 4.69) is 11.1 Å². The van der Waals surface area contributed by atoms with E-state index >= 15 is 0 Å². The van der Waals surface area contributed by atoms with Crippen LogP contribution in [0.1, 0.15) is 23.6 Å². The second-order valence-corrected chi connectivity index (χ2v) is 3.42. The molecule has 1 heterocycles. The summed E-state index contributed by atoms with van der Waals surface area (Å²) in [5, 5.41) is 0. The van der Waals surface area contributed by atoms with Gasteiger partial charge in [-0.2, -0.15) is 0 Å². The van der Waals surface area contributed by atoms with Crippen LogP contribution in [0.25, 0.3) is 0 Å². The third kappa shape index (κ3) is 2.57. The van der Waals surface area contributed by atoms with Gasteiger partial charge in [-0.1, -0.05) is 24.3 Å². The summed E-state index contributed by atoms with van der Waals surface area (Å²) in [5.41, 5.74) is 7.54. The predicted molar refractivity (Wildman–Crippen MR) is 62.4 cm³/mol. The molecule has 0 saturated heterocycles. The number of hydrogen-bond acceptors (Lipinski definition) is 2. The van der Waals surface area contributed by atoms with Gasteiger partial charge in [0.1, 0.15) is 0 Å². The van der Waals surface area contributed by atoms with Crippen molar-refractivity contribution in [3.05, 3.63) is 35.4 Å². The molecule has 1 amide bonds. The molecule has 1 aromatic carbocycles. The molecule has 0 aliphatic carbocycles. The number of carbonyl (C=O) groups excluding carboxylic acids is 1. The van der Waals surface area contributed by atoms with E-state index in [-0.39, 0.29) is 24.4 Å². The fourth-order valence-electron chi connectivity index (χ4n) is 1.76. The van der Waals surface area contributed by atoms with Gasteiger partial charge in [-0.25, -0.2) is 0 Å². The summed E-state index contributed by atoms with van der Waals surface area (Å²) in [6, 6.07) is 7.97. The third-order valence-corrected chi connectivity index (χ3v) is 2.41. The maximum Gasteiger partial charge on any atom is 0.219 e. The summed E-state index contributed by atoms with van der Waals surface area (Å²) in [5.74, 6) is -0.302. The molecule has 0 saturated carbocycles. The smallest absolute Gasteiger partial charge is 0.219 e. The van der Waals surface area contributed by atoms with E-state index in [9.17, 15) is 4.79 Å². The van der Waals surface area contributed by atoms with Crippen molar-refractivity contribution < 1.29 is 4.79 Å². The van der Waals surface area contributed by atoms with Gasteiger partial charge < -0.3 is 5.73 Å². The maximum atomic E-state index is 10.8. The molecule has 1 aliphatic rings. The highest BCUT2D eigenvalue weighted by molar-refractivity contribution is 5.85. The SMILES string of the molecule is Cl.NC(=O)CC1N=CCc2ccccc21. The van der Waals surface area contributed by atoms with Gasteiger partial charge in [0.25, 0.3) is 0 Å². The Morgan fingerprint density at radius 1 is 1.47 bits per heavy atom. The summed E-state index contributed by atoms with van der Waals surface area (Å²) in [6.45, 7) is 0. The Morgan fingerprint density at radius 2 is 2.20 bits per heavy atom. The van der Waals surface area contributed by atoms with Crippen molar-refractivity contribution in [2.75, 3.05) is 0 Å². The highest BCUT2D eigenvalue weighted by atomic mass is 35.5. The summed E-state index contributed by atoms with van der Waals surface area (Å²) in [7, 11) is 0. The molecule has 4 heteroatoms. The molecule has 2 N–H and O–H groups in total. The molecule has 0 spiro atoms. The summed E-state index contributed by atoms with van der Waals surface area (Å²) < 4.78 is 0. The number of halogens is 1.